The van der Waals surface area contributed by atoms with Crippen LogP contribution in [0.5, 0.6) is 0 Å². The van der Waals surface area contributed by atoms with Gasteiger partial charge in [0.05, 0.1) is 6.20 Å². The van der Waals surface area contributed by atoms with Gasteiger partial charge in [-0.05, 0) is 29.5 Å². The average Bonchev–Trinajstić information content (AvgIpc) is 3.09. The molecule has 0 spiro atoms. The SMILES string of the molecule is Cn1cc([C@H]2C[C@@H]2C(=O)Nc2ncc(Cc3ccccc3F)s2)cn1. The van der Waals surface area contributed by atoms with Crippen LogP contribution in [-0.4, -0.2) is 20.7 Å². The zero-order chi connectivity index (χ0) is 17.4. The van der Waals surface area contributed by atoms with E-state index in [1.807, 2.05) is 25.5 Å². The molecule has 2 atom stereocenters. The number of hydrogen-bond acceptors (Lipinski definition) is 4. The van der Waals surface area contributed by atoms with Crippen LogP contribution in [0.25, 0.3) is 0 Å². The van der Waals surface area contributed by atoms with E-state index in [2.05, 4.69) is 15.4 Å². The standard InChI is InChI=1S/C18H17FN4OS/c1-23-10-12(8-21-23)14-7-15(14)17(24)22-18-20-9-13(25-18)6-11-4-2-3-5-16(11)19/h2-5,8-10,14-15H,6-7H2,1H3,(H,20,22,24)/t14-,15+/m1/s1. The second-order valence-corrected chi connectivity index (χ2v) is 7.40. The predicted octanol–water partition coefficient (Wildman–Crippen LogP) is 3.35. The van der Waals surface area contributed by atoms with E-state index in [1.54, 1.807) is 23.0 Å². The summed E-state index contributed by atoms with van der Waals surface area (Å²) in [6.07, 6.45) is 6.77. The maximum Gasteiger partial charge on any atom is 0.229 e. The molecule has 5 nitrogen and oxygen atoms in total. The zero-order valence-corrected chi connectivity index (χ0v) is 14.5. The van der Waals surface area contributed by atoms with E-state index in [0.717, 1.165) is 16.9 Å². The molecule has 0 radical (unpaired) electrons. The lowest BCUT2D eigenvalue weighted by atomic mass is 10.1. The molecule has 1 saturated carbocycles. The van der Waals surface area contributed by atoms with Crippen LogP contribution < -0.4 is 5.32 Å². The third-order valence-electron chi connectivity index (χ3n) is 4.39. The van der Waals surface area contributed by atoms with Crippen LogP contribution in [0.4, 0.5) is 9.52 Å². The highest BCUT2D eigenvalue weighted by Crippen LogP contribution is 2.47. The number of halogens is 1. The average molecular weight is 356 g/mol. The Balaban J connectivity index is 1.37. The van der Waals surface area contributed by atoms with Gasteiger partial charge in [0, 0.05) is 36.7 Å². The van der Waals surface area contributed by atoms with Crippen molar-refractivity contribution in [1.29, 1.82) is 0 Å². The van der Waals surface area contributed by atoms with Gasteiger partial charge < -0.3 is 5.32 Å². The third-order valence-corrected chi connectivity index (χ3v) is 5.30. The summed E-state index contributed by atoms with van der Waals surface area (Å²) in [5.41, 5.74) is 1.73. The van der Waals surface area contributed by atoms with Crippen molar-refractivity contribution in [2.24, 2.45) is 13.0 Å². The molecular weight excluding hydrogens is 339 g/mol. The molecule has 2 aromatic heterocycles. The number of hydrogen-bond donors (Lipinski definition) is 1. The highest BCUT2D eigenvalue weighted by Gasteiger charge is 2.44. The molecule has 0 saturated heterocycles. The molecule has 0 unspecified atom stereocenters. The van der Waals surface area contributed by atoms with Crippen LogP contribution in [0.2, 0.25) is 0 Å². The van der Waals surface area contributed by atoms with Gasteiger partial charge >= 0.3 is 0 Å². The molecule has 1 aromatic carbocycles. The fraction of sp³-hybridized carbons (Fsp3) is 0.278. The summed E-state index contributed by atoms with van der Waals surface area (Å²) < 4.78 is 15.5. The Morgan fingerprint density at radius 3 is 3.00 bits per heavy atom. The quantitative estimate of drug-likeness (QED) is 0.763. The fourth-order valence-electron chi connectivity index (χ4n) is 2.96. The lowest BCUT2D eigenvalue weighted by molar-refractivity contribution is -0.117. The van der Waals surface area contributed by atoms with Crippen molar-refractivity contribution < 1.29 is 9.18 Å². The molecule has 3 aromatic rings. The number of thiazole rings is 1. The van der Waals surface area contributed by atoms with Crippen molar-refractivity contribution in [1.82, 2.24) is 14.8 Å². The van der Waals surface area contributed by atoms with Crippen molar-refractivity contribution in [3.05, 3.63) is 64.7 Å². The second kappa shape index (κ2) is 6.40. The van der Waals surface area contributed by atoms with Gasteiger partial charge in [-0.3, -0.25) is 9.48 Å². The predicted molar refractivity (Wildman–Crippen MR) is 94.0 cm³/mol. The summed E-state index contributed by atoms with van der Waals surface area (Å²) >= 11 is 1.38. The lowest BCUT2D eigenvalue weighted by Gasteiger charge is -2.01. The number of aryl methyl sites for hydroxylation is 1. The minimum absolute atomic E-state index is 0.0133. The summed E-state index contributed by atoms with van der Waals surface area (Å²) in [6, 6.07) is 6.69. The van der Waals surface area contributed by atoms with Crippen LogP contribution in [0.15, 0.2) is 42.9 Å². The maximum absolute atomic E-state index is 13.7. The van der Waals surface area contributed by atoms with E-state index >= 15 is 0 Å². The first-order valence-electron chi connectivity index (χ1n) is 8.07. The molecule has 128 valence electrons. The van der Waals surface area contributed by atoms with E-state index in [-0.39, 0.29) is 23.6 Å². The van der Waals surface area contributed by atoms with Gasteiger partial charge in [-0.25, -0.2) is 9.37 Å². The van der Waals surface area contributed by atoms with Crippen LogP contribution in [0.1, 0.15) is 28.3 Å². The van der Waals surface area contributed by atoms with E-state index in [1.165, 1.54) is 17.4 Å². The number of carbonyl (C=O) groups is 1. The Morgan fingerprint density at radius 2 is 2.24 bits per heavy atom. The first kappa shape index (κ1) is 16.0. The van der Waals surface area contributed by atoms with Crippen molar-refractivity contribution in [3.63, 3.8) is 0 Å². The van der Waals surface area contributed by atoms with Crippen LogP contribution >= 0.6 is 11.3 Å². The van der Waals surface area contributed by atoms with Crippen molar-refractivity contribution in [2.45, 2.75) is 18.8 Å². The van der Waals surface area contributed by atoms with E-state index in [0.29, 0.717) is 17.1 Å². The minimum Gasteiger partial charge on any atom is -0.302 e. The van der Waals surface area contributed by atoms with Gasteiger partial charge in [-0.2, -0.15) is 5.10 Å². The number of benzene rings is 1. The topological polar surface area (TPSA) is 59.8 Å². The molecule has 0 bridgehead atoms. The molecule has 25 heavy (non-hydrogen) atoms. The number of nitrogens with one attached hydrogen (secondary N) is 1. The largest absolute Gasteiger partial charge is 0.302 e. The monoisotopic (exact) mass is 356 g/mol. The highest BCUT2D eigenvalue weighted by molar-refractivity contribution is 7.15. The smallest absolute Gasteiger partial charge is 0.229 e. The third kappa shape index (κ3) is 3.46. The van der Waals surface area contributed by atoms with Gasteiger partial charge in [0.1, 0.15) is 5.82 Å². The van der Waals surface area contributed by atoms with Gasteiger partial charge in [0.25, 0.3) is 0 Å². The first-order valence-corrected chi connectivity index (χ1v) is 8.89. The van der Waals surface area contributed by atoms with E-state index in [4.69, 9.17) is 0 Å². The Bertz CT molecular complexity index is 919. The number of rotatable bonds is 5. The van der Waals surface area contributed by atoms with Gasteiger partial charge in [-0.1, -0.05) is 18.2 Å². The van der Waals surface area contributed by atoms with Crippen molar-refractivity contribution >= 4 is 22.4 Å². The second-order valence-electron chi connectivity index (χ2n) is 6.29. The zero-order valence-electron chi connectivity index (χ0n) is 13.6. The Morgan fingerprint density at radius 1 is 1.40 bits per heavy atom. The maximum atomic E-state index is 13.7. The lowest BCUT2D eigenvalue weighted by Crippen LogP contribution is -2.14. The number of amides is 1. The molecule has 7 heteroatoms. The summed E-state index contributed by atoms with van der Waals surface area (Å²) in [7, 11) is 1.87. The van der Waals surface area contributed by atoms with Crippen molar-refractivity contribution in [2.75, 3.05) is 5.32 Å². The summed E-state index contributed by atoms with van der Waals surface area (Å²) in [6.45, 7) is 0. The van der Waals surface area contributed by atoms with Crippen LogP contribution in [-0.2, 0) is 18.3 Å². The molecular formula is C18H17FN4OS. The van der Waals surface area contributed by atoms with Gasteiger partial charge in [0.15, 0.2) is 5.13 Å². The molecule has 2 heterocycles. The molecule has 1 N–H and O–H groups in total. The number of aromatic nitrogens is 3. The summed E-state index contributed by atoms with van der Waals surface area (Å²) in [5, 5.41) is 7.59. The highest BCUT2D eigenvalue weighted by atomic mass is 32.1. The van der Waals surface area contributed by atoms with Gasteiger partial charge in [0.2, 0.25) is 5.91 Å². The molecule has 1 aliphatic rings. The van der Waals surface area contributed by atoms with Gasteiger partial charge in [-0.15, -0.1) is 11.3 Å². The molecule has 1 aliphatic carbocycles. The van der Waals surface area contributed by atoms with Crippen LogP contribution in [0.3, 0.4) is 0 Å². The Labute approximate surface area is 148 Å². The summed E-state index contributed by atoms with van der Waals surface area (Å²) in [5.74, 6) is -0.0194. The summed E-state index contributed by atoms with van der Waals surface area (Å²) in [4.78, 5) is 17.5. The fourth-order valence-corrected chi connectivity index (χ4v) is 3.80. The molecule has 4 rings (SSSR count). The van der Waals surface area contributed by atoms with Crippen LogP contribution in [0, 0.1) is 11.7 Å². The number of anilines is 1. The van der Waals surface area contributed by atoms with E-state index < -0.39 is 0 Å². The van der Waals surface area contributed by atoms with E-state index in [9.17, 15) is 9.18 Å². The number of carbonyl (C=O) groups excluding carboxylic acids is 1. The molecule has 1 amide bonds. The normalized spacial score (nSPS) is 19.0. The number of nitrogens with zero attached hydrogens (tertiary/aromatic N) is 3. The minimum atomic E-state index is -0.223. The Kier molecular flexibility index (Phi) is 4.09. The molecule has 1 fully saturated rings. The van der Waals surface area contributed by atoms with Crippen molar-refractivity contribution in [3.8, 4) is 0 Å². The Hall–Kier alpha value is -2.54. The molecule has 0 aliphatic heterocycles. The first-order chi connectivity index (χ1) is 12.1.